The van der Waals surface area contributed by atoms with Gasteiger partial charge in [0.15, 0.2) is 5.11 Å². The molecule has 1 aromatic carbocycles. The lowest BCUT2D eigenvalue weighted by Gasteiger charge is -2.10. The largest absolute Gasteiger partial charge is 0.478 e. The number of nitrogens with one attached hydrogen (secondary N) is 1. The number of para-hydroxylation sites is 1. The van der Waals surface area contributed by atoms with Crippen molar-refractivity contribution in [3.8, 4) is 0 Å². The maximum Gasteiger partial charge on any atom is 0.337 e. The molecule has 0 aliphatic rings. The SMILES string of the molecule is Cc1cccc(C(=O)O)c1NC(N)=S. The highest BCUT2D eigenvalue weighted by molar-refractivity contribution is 7.80. The third-order valence-electron chi connectivity index (χ3n) is 1.75. The van der Waals surface area contributed by atoms with E-state index in [0.29, 0.717) is 5.69 Å². The number of carboxylic acid groups (broad SMARTS) is 1. The minimum atomic E-state index is -1.01. The van der Waals surface area contributed by atoms with E-state index >= 15 is 0 Å². The number of thiocarbonyl (C=S) groups is 1. The standard InChI is InChI=1S/C9H10N2O2S/c1-5-3-2-4-6(8(12)13)7(5)11-9(10)14/h2-4H,1H3,(H,12,13)(H3,10,11,14). The molecule has 4 nitrogen and oxygen atoms in total. The number of hydrogen-bond donors (Lipinski definition) is 3. The summed E-state index contributed by atoms with van der Waals surface area (Å²) in [4.78, 5) is 10.8. The van der Waals surface area contributed by atoms with E-state index < -0.39 is 5.97 Å². The lowest BCUT2D eigenvalue weighted by molar-refractivity contribution is 0.0698. The summed E-state index contributed by atoms with van der Waals surface area (Å²) in [6, 6.07) is 4.95. The van der Waals surface area contributed by atoms with Gasteiger partial charge in [0.25, 0.3) is 0 Å². The van der Waals surface area contributed by atoms with E-state index in [-0.39, 0.29) is 10.7 Å². The van der Waals surface area contributed by atoms with Gasteiger partial charge in [-0.2, -0.15) is 0 Å². The van der Waals surface area contributed by atoms with Gasteiger partial charge < -0.3 is 16.2 Å². The molecular weight excluding hydrogens is 200 g/mol. The second-order valence-electron chi connectivity index (χ2n) is 2.79. The summed E-state index contributed by atoms with van der Waals surface area (Å²) in [6.07, 6.45) is 0. The van der Waals surface area contributed by atoms with Crippen LogP contribution in [0.4, 0.5) is 5.69 Å². The predicted molar refractivity (Wildman–Crippen MR) is 58.5 cm³/mol. The van der Waals surface area contributed by atoms with Gasteiger partial charge >= 0.3 is 5.97 Å². The molecule has 0 bridgehead atoms. The predicted octanol–water partition coefficient (Wildman–Crippen LogP) is 1.35. The number of nitrogens with two attached hydrogens (primary N) is 1. The molecule has 0 amide bonds. The Morgan fingerprint density at radius 1 is 1.57 bits per heavy atom. The van der Waals surface area contributed by atoms with Crippen LogP contribution in [0.15, 0.2) is 18.2 Å². The smallest absolute Gasteiger partial charge is 0.337 e. The van der Waals surface area contributed by atoms with Crippen molar-refractivity contribution >= 4 is 29.0 Å². The van der Waals surface area contributed by atoms with E-state index in [2.05, 4.69) is 17.5 Å². The van der Waals surface area contributed by atoms with Crippen LogP contribution < -0.4 is 11.1 Å². The molecular formula is C9H10N2O2S. The number of hydrogen-bond acceptors (Lipinski definition) is 2. The Labute approximate surface area is 86.7 Å². The van der Waals surface area contributed by atoms with Crippen LogP contribution in [-0.4, -0.2) is 16.2 Å². The Morgan fingerprint density at radius 2 is 2.21 bits per heavy atom. The molecule has 74 valence electrons. The second kappa shape index (κ2) is 4.06. The van der Waals surface area contributed by atoms with Crippen molar-refractivity contribution in [1.29, 1.82) is 0 Å². The number of anilines is 1. The normalized spacial score (nSPS) is 9.50. The fourth-order valence-electron chi connectivity index (χ4n) is 1.14. The van der Waals surface area contributed by atoms with E-state index in [1.54, 1.807) is 19.1 Å². The number of benzene rings is 1. The van der Waals surface area contributed by atoms with Crippen molar-refractivity contribution in [3.05, 3.63) is 29.3 Å². The second-order valence-corrected chi connectivity index (χ2v) is 3.23. The molecule has 0 spiro atoms. The molecule has 0 heterocycles. The Kier molecular flexibility index (Phi) is 3.03. The van der Waals surface area contributed by atoms with Crippen LogP contribution >= 0.6 is 12.2 Å². The highest BCUT2D eigenvalue weighted by Gasteiger charge is 2.11. The van der Waals surface area contributed by atoms with Crippen LogP contribution in [0, 0.1) is 6.92 Å². The number of carboxylic acids is 1. The summed E-state index contributed by atoms with van der Waals surface area (Å²) < 4.78 is 0. The van der Waals surface area contributed by atoms with Gasteiger partial charge in [0, 0.05) is 0 Å². The minimum Gasteiger partial charge on any atom is -0.478 e. The number of carbonyl (C=O) groups is 1. The molecule has 14 heavy (non-hydrogen) atoms. The maximum absolute atomic E-state index is 10.8. The highest BCUT2D eigenvalue weighted by Crippen LogP contribution is 2.20. The summed E-state index contributed by atoms with van der Waals surface area (Å²) in [7, 11) is 0. The van der Waals surface area contributed by atoms with Crippen LogP contribution in [0.5, 0.6) is 0 Å². The molecule has 1 aromatic rings. The highest BCUT2D eigenvalue weighted by atomic mass is 32.1. The molecule has 0 radical (unpaired) electrons. The summed E-state index contributed by atoms with van der Waals surface area (Å²) in [6.45, 7) is 1.78. The first-order valence-corrected chi connectivity index (χ1v) is 4.32. The molecule has 0 saturated carbocycles. The van der Waals surface area contributed by atoms with Gasteiger partial charge in [-0.15, -0.1) is 0 Å². The lowest BCUT2D eigenvalue weighted by Crippen LogP contribution is -2.21. The first kappa shape index (κ1) is 10.5. The van der Waals surface area contributed by atoms with Crippen molar-refractivity contribution in [2.24, 2.45) is 5.73 Å². The molecule has 0 saturated heterocycles. The maximum atomic E-state index is 10.8. The van der Waals surface area contributed by atoms with Crippen molar-refractivity contribution in [2.45, 2.75) is 6.92 Å². The fraction of sp³-hybridized carbons (Fsp3) is 0.111. The summed E-state index contributed by atoms with van der Waals surface area (Å²) >= 11 is 4.66. The van der Waals surface area contributed by atoms with Crippen molar-refractivity contribution in [1.82, 2.24) is 0 Å². The van der Waals surface area contributed by atoms with Crippen LogP contribution in [0.25, 0.3) is 0 Å². The molecule has 4 N–H and O–H groups in total. The first-order valence-electron chi connectivity index (χ1n) is 3.91. The van der Waals surface area contributed by atoms with E-state index in [1.165, 1.54) is 6.07 Å². The number of rotatable bonds is 2. The van der Waals surface area contributed by atoms with Gasteiger partial charge in [-0.25, -0.2) is 4.79 Å². The minimum absolute atomic E-state index is 0.0572. The van der Waals surface area contributed by atoms with Crippen LogP contribution in [0.2, 0.25) is 0 Å². The molecule has 5 heteroatoms. The third kappa shape index (κ3) is 2.20. The zero-order valence-corrected chi connectivity index (χ0v) is 8.39. The molecule has 0 fully saturated rings. The molecule has 0 unspecified atom stereocenters. The Morgan fingerprint density at radius 3 is 2.71 bits per heavy atom. The van der Waals surface area contributed by atoms with Crippen LogP contribution in [0.3, 0.4) is 0 Å². The van der Waals surface area contributed by atoms with Crippen LogP contribution in [0.1, 0.15) is 15.9 Å². The average Bonchev–Trinajstić information content (AvgIpc) is 2.07. The Bertz CT molecular complexity index is 390. The lowest BCUT2D eigenvalue weighted by atomic mass is 10.1. The van der Waals surface area contributed by atoms with Crippen molar-refractivity contribution in [2.75, 3.05) is 5.32 Å². The summed E-state index contributed by atoms with van der Waals surface area (Å²) in [5, 5.41) is 11.6. The molecule has 1 rings (SSSR count). The fourth-order valence-corrected chi connectivity index (χ4v) is 1.24. The number of aromatic carboxylic acids is 1. The number of aryl methyl sites for hydroxylation is 1. The monoisotopic (exact) mass is 210 g/mol. The van der Waals surface area contributed by atoms with Gasteiger partial charge in [-0.05, 0) is 30.8 Å². The quantitative estimate of drug-likeness (QED) is 0.642. The van der Waals surface area contributed by atoms with Gasteiger partial charge in [-0.3, -0.25) is 0 Å². The van der Waals surface area contributed by atoms with Crippen molar-refractivity contribution < 1.29 is 9.90 Å². The topological polar surface area (TPSA) is 75.3 Å². The van der Waals surface area contributed by atoms with E-state index in [0.717, 1.165) is 5.56 Å². The van der Waals surface area contributed by atoms with E-state index in [1.807, 2.05) is 0 Å². The van der Waals surface area contributed by atoms with Crippen LogP contribution in [-0.2, 0) is 0 Å². The Balaban J connectivity index is 3.22. The molecule has 0 atom stereocenters. The van der Waals surface area contributed by atoms with E-state index in [4.69, 9.17) is 10.8 Å². The van der Waals surface area contributed by atoms with Gasteiger partial charge in [0.05, 0.1) is 11.3 Å². The molecule has 0 aliphatic carbocycles. The average molecular weight is 210 g/mol. The van der Waals surface area contributed by atoms with Crippen molar-refractivity contribution in [3.63, 3.8) is 0 Å². The zero-order valence-electron chi connectivity index (χ0n) is 7.57. The van der Waals surface area contributed by atoms with Gasteiger partial charge in [0.1, 0.15) is 0 Å². The summed E-state index contributed by atoms with van der Waals surface area (Å²) in [5.41, 5.74) is 6.70. The Hall–Kier alpha value is -1.62. The summed E-state index contributed by atoms with van der Waals surface area (Å²) in [5.74, 6) is -1.01. The van der Waals surface area contributed by atoms with Gasteiger partial charge in [0.2, 0.25) is 0 Å². The van der Waals surface area contributed by atoms with Gasteiger partial charge in [-0.1, -0.05) is 12.1 Å². The molecule has 0 aliphatic heterocycles. The third-order valence-corrected chi connectivity index (χ3v) is 1.85. The van der Waals surface area contributed by atoms with E-state index in [9.17, 15) is 4.79 Å². The zero-order chi connectivity index (χ0) is 10.7. The molecule has 0 aromatic heterocycles. The first-order chi connectivity index (χ1) is 6.52.